The predicted molar refractivity (Wildman–Crippen MR) is 91.7 cm³/mol. The van der Waals surface area contributed by atoms with Gasteiger partial charge in [0.25, 0.3) is 0 Å². The minimum Gasteiger partial charge on any atom is -0.369 e. The van der Waals surface area contributed by atoms with E-state index in [1.807, 2.05) is 0 Å². The van der Waals surface area contributed by atoms with Gasteiger partial charge in [0, 0.05) is 50.4 Å². The lowest BCUT2D eigenvalue weighted by Crippen LogP contribution is -2.65. The highest BCUT2D eigenvalue weighted by molar-refractivity contribution is 5.80. The molecular weight excluding hydrogens is 375 g/mol. The zero-order valence-electron chi connectivity index (χ0n) is 15.3. The van der Waals surface area contributed by atoms with E-state index in [1.54, 1.807) is 9.80 Å². The molecule has 0 aromatic carbocycles. The Balaban J connectivity index is 1.22. The Labute approximate surface area is 160 Å². The summed E-state index contributed by atoms with van der Waals surface area (Å²) in [6.07, 6.45) is 0.255. The number of primary amides is 1. The van der Waals surface area contributed by atoms with Gasteiger partial charge in [0.05, 0.1) is 11.5 Å². The largest absolute Gasteiger partial charge is 0.419 e. The third-order valence-corrected chi connectivity index (χ3v) is 6.13. The van der Waals surface area contributed by atoms with Crippen molar-refractivity contribution in [2.24, 2.45) is 23.0 Å². The first-order valence-corrected chi connectivity index (χ1v) is 9.36. The van der Waals surface area contributed by atoms with Crippen LogP contribution in [0.25, 0.3) is 0 Å². The average Bonchev–Trinajstić information content (AvgIpc) is 3.05. The summed E-state index contributed by atoms with van der Waals surface area (Å²) in [5, 5.41) is 0. The molecule has 3 heterocycles. The molecule has 2 N–H and O–H groups in total. The summed E-state index contributed by atoms with van der Waals surface area (Å²) in [7, 11) is 0. The third kappa shape index (κ3) is 3.51. The minimum absolute atomic E-state index is 0.0381. The molecule has 1 aromatic rings. The molecule has 10 heteroatoms. The van der Waals surface area contributed by atoms with Crippen LogP contribution in [0.2, 0.25) is 0 Å². The molecule has 7 nitrogen and oxygen atoms in total. The summed E-state index contributed by atoms with van der Waals surface area (Å²) < 4.78 is 37.7. The van der Waals surface area contributed by atoms with Gasteiger partial charge in [-0.15, -0.1) is 0 Å². The van der Waals surface area contributed by atoms with E-state index >= 15 is 0 Å². The number of hydrogen-bond acceptors (Lipinski definition) is 4. The van der Waals surface area contributed by atoms with Gasteiger partial charge < -0.3 is 15.5 Å². The lowest BCUT2D eigenvalue weighted by molar-refractivity contribution is -0.138. The van der Waals surface area contributed by atoms with Crippen LogP contribution in [0.3, 0.4) is 0 Å². The SMILES string of the molecule is NC(=O)[C@H]1CCN(C(=O)N2CC3(CC(Cc4ncc(C(F)(F)F)cn4)C3)C2)C1. The zero-order chi connectivity index (χ0) is 20.1. The first-order chi connectivity index (χ1) is 13.2. The van der Waals surface area contributed by atoms with Gasteiger partial charge in [-0.1, -0.05) is 0 Å². The van der Waals surface area contributed by atoms with Gasteiger partial charge in [-0.25, -0.2) is 14.8 Å². The van der Waals surface area contributed by atoms with Crippen LogP contribution in [0.5, 0.6) is 0 Å². The van der Waals surface area contributed by atoms with Crippen molar-refractivity contribution >= 4 is 11.9 Å². The van der Waals surface area contributed by atoms with Gasteiger partial charge in [-0.2, -0.15) is 13.2 Å². The molecule has 3 aliphatic rings. The summed E-state index contributed by atoms with van der Waals surface area (Å²) in [5.74, 6) is 0.147. The van der Waals surface area contributed by atoms with Gasteiger partial charge in [0.2, 0.25) is 5.91 Å². The molecule has 0 bridgehead atoms. The van der Waals surface area contributed by atoms with Crippen LogP contribution in [0.1, 0.15) is 30.7 Å². The van der Waals surface area contributed by atoms with E-state index in [4.69, 9.17) is 5.73 Å². The quantitative estimate of drug-likeness (QED) is 0.840. The van der Waals surface area contributed by atoms with Crippen molar-refractivity contribution in [3.05, 3.63) is 23.8 Å². The fourth-order valence-electron chi connectivity index (χ4n) is 4.70. The fraction of sp³-hybridized carbons (Fsp3) is 0.667. The van der Waals surface area contributed by atoms with Crippen molar-refractivity contribution in [2.75, 3.05) is 26.2 Å². The van der Waals surface area contributed by atoms with Crippen LogP contribution in [-0.4, -0.2) is 57.9 Å². The number of urea groups is 1. The second kappa shape index (κ2) is 6.59. The van der Waals surface area contributed by atoms with Crippen molar-refractivity contribution in [1.82, 2.24) is 19.8 Å². The highest BCUT2D eigenvalue weighted by Gasteiger charge is 2.54. The highest BCUT2D eigenvalue weighted by Crippen LogP contribution is 2.53. The average molecular weight is 397 g/mol. The molecule has 2 saturated heterocycles. The number of nitrogens with two attached hydrogens (primary N) is 1. The van der Waals surface area contributed by atoms with Crippen LogP contribution >= 0.6 is 0 Å². The molecule has 152 valence electrons. The van der Waals surface area contributed by atoms with Crippen molar-refractivity contribution in [2.45, 2.75) is 31.9 Å². The molecule has 28 heavy (non-hydrogen) atoms. The summed E-state index contributed by atoms with van der Waals surface area (Å²) in [6, 6.07) is -0.0381. The molecule has 3 amide bonds. The smallest absolute Gasteiger partial charge is 0.369 e. The zero-order valence-corrected chi connectivity index (χ0v) is 15.3. The van der Waals surface area contributed by atoms with E-state index in [2.05, 4.69) is 9.97 Å². The molecular formula is C18H22F3N5O2. The molecule has 1 aromatic heterocycles. The van der Waals surface area contributed by atoms with Crippen LogP contribution in [-0.2, 0) is 17.4 Å². The number of nitrogens with zero attached hydrogens (tertiary/aromatic N) is 4. The fourth-order valence-corrected chi connectivity index (χ4v) is 4.70. The normalized spacial score (nSPS) is 24.2. The molecule has 4 rings (SSSR count). The first kappa shape index (κ1) is 18.9. The van der Waals surface area contributed by atoms with Crippen LogP contribution in [0, 0.1) is 17.3 Å². The second-order valence-corrected chi connectivity index (χ2v) is 8.34. The van der Waals surface area contributed by atoms with Gasteiger partial charge in [0.1, 0.15) is 5.82 Å². The van der Waals surface area contributed by atoms with E-state index in [-0.39, 0.29) is 23.3 Å². The standard InChI is InChI=1S/C18H22F3N5O2/c19-18(20,21)13-6-23-14(24-7-13)3-11-4-17(5-11)9-26(10-17)16(28)25-2-1-12(8-25)15(22)27/h6-7,11-12H,1-5,8-10H2,(H2,22,27)/t12-/m0/s1. The molecule has 3 fully saturated rings. The van der Waals surface area contributed by atoms with Gasteiger partial charge in [-0.3, -0.25) is 4.79 Å². The van der Waals surface area contributed by atoms with E-state index in [0.29, 0.717) is 50.8 Å². The Morgan fingerprint density at radius 1 is 1.18 bits per heavy atom. The molecule has 2 aliphatic heterocycles. The molecule has 0 radical (unpaired) electrons. The molecule has 1 aliphatic carbocycles. The highest BCUT2D eigenvalue weighted by atomic mass is 19.4. The number of carbonyl (C=O) groups excluding carboxylic acids is 2. The van der Waals surface area contributed by atoms with Gasteiger partial charge >= 0.3 is 12.2 Å². The Hall–Kier alpha value is -2.39. The minimum atomic E-state index is -4.42. The van der Waals surface area contributed by atoms with E-state index in [1.165, 1.54) is 0 Å². The number of halogens is 3. The second-order valence-electron chi connectivity index (χ2n) is 8.34. The lowest BCUT2D eigenvalue weighted by Gasteiger charge is -2.59. The predicted octanol–water partition coefficient (Wildman–Crippen LogP) is 1.68. The number of aromatic nitrogens is 2. The van der Waals surface area contributed by atoms with E-state index in [9.17, 15) is 22.8 Å². The molecule has 1 spiro atoms. The van der Waals surface area contributed by atoms with Crippen molar-refractivity contribution in [3.8, 4) is 0 Å². The lowest BCUT2D eigenvalue weighted by atomic mass is 9.57. The summed E-state index contributed by atoms with van der Waals surface area (Å²) in [4.78, 5) is 34.9. The maximum absolute atomic E-state index is 12.6. The number of carbonyl (C=O) groups is 2. The summed E-state index contributed by atoms with van der Waals surface area (Å²) in [6.45, 7) is 2.33. The third-order valence-electron chi connectivity index (χ3n) is 6.13. The van der Waals surface area contributed by atoms with Crippen LogP contribution in [0.4, 0.5) is 18.0 Å². The van der Waals surface area contributed by atoms with Crippen LogP contribution in [0.15, 0.2) is 12.4 Å². The topological polar surface area (TPSA) is 92.4 Å². The first-order valence-electron chi connectivity index (χ1n) is 9.36. The number of likely N-dealkylation sites (tertiary alicyclic amines) is 2. The number of amides is 3. The van der Waals surface area contributed by atoms with Crippen molar-refractivity contribution in [1.29, 1.82) is 0 Å². The van der Waals surface area contributed by atoms with Gasteiger partial charge in [-0.05, 0) is 25.2 Å². The summed E-state index contributed by atoms with van der Waals surface area (Å²) in [5.41, 5.74) is 4.59. The maximum Gasteiger partial charge on any atom is 0.419 e. The molecule has 1 atom stereocenters. The maximum atomic E-state index is 12.6. The van der Waals surface area contributed by atoms with Crippen molar-refractivity contribution in [3.63, 3.8) is 0 Å². The Bertz CT molecular complexity index is 768. The van der Waals surface area contributed by atoms with E-state index in [0.717, 1.165) is 25.2 Å². The number of alkyl halides is 3. The Morgan fingerprint density at radius 2 is 1.82 bits per heavy atom. The number of hydrogen-bond donors (Lipinski definition) is 1. The Morgan fingerprint density at radius 3 is 2.36 bits per heavy atom. The van der Waals surface area contributed by atoms with E-state index < -0.39 is 11.7 Å². The molecule has 1 saturated carbocycles. The monoisotopic (exact) mass is 397 g/mol. The van der Waals surface area contributed by atoms with Gasteiger partial charge in [0.15, 0.2) is 0 Å². The Kier molecular flexibility index (Phi) is 4.46. The molecule has 0 unspecified atom stereocenters. The van der Waals surface area contributed by atoms with Crippen molar-refractivity contribution < 1.29 is 22.8 Å². The van der Waals surface area contributed by atoms with Crippen LogP contribution < -0.4 is 5.73 Å². The number of rotatable bonds is 3. The summed E-state index contributed by atoms with van der Waals surface area (Å²) >= 11 is 0.